The van der Waals surface area contributed by atoms with Crippen molar-refractivity contribution in [1.29, 1.82) is 0 Å². The Balaban J connectivity index is 2.41. The number of aromatic nitrogens is 2. The molecular formula is C11H8Cl2FN3O3S. The second-order valence-corrected chi connectivity index (χ2v) is 6.13. The van der Waals surface area contributed by atoms with E-state index in [4.69, 9.17) is 27.9 Å². The highest BCUT2D eigenvalue weighted by Gasteiger charge is 2.20. The maximum Gasteiger partial charge on any atom is 0.262 e. The van der Waals surface area contributed by atoms with Gasteiger partial charge in [-0.25, -0.2) is 22.8 Å². The van der Waals surface area contributed by atoms with Crippen molar-refractivity contribution in [2.45, 2.75) is 4.90 Å². The Kier molecular flexibility index (Phi) is 4.50. The van der Waals surface area contributed by atoms with E-state index < -0.39 is 15.8 Å². The molecule has 0 spiro atoms. The molecule has 1 aromatic carbocycles. The molecule has 0 atom stereocenters. The standard InChI is InChI=1S/C11H8Cl2FN3O3S/c1-20-8-3-2-6(4-7(8)14)21(18,19)17-9-10(12)15-5-16-11(9)13/h2-5,17H,1H3. The monoisotopic (exact) mass is 351 g/mol. The summed E-state index contributed by atoms with van der Waals surface area (Å²) < 4.78 is 44.7. The average molecular weight is 352 g/mol. The van der Waals surface area contributed by atoms with E-state index in [-0.39, 0.29) is 26.6 Å². The second kappa shape index (κ2) is 6.00. The van der Waals surface area contributed by atoms with E-state index in [1.54, 1.807) is 0 Å². The number of nitrogens with zero attached hydrogens (tertiary/aromatic N) is 2. The van der Waals surface area contributed by atoms with Crippen LogP contribution < -0.4 is 9.46 Å². The van der Waals surface area contributed by atoms with Gasteiger partial charge in [0.1, 0.15) is 12.0 Å². The Hall–Kier alpha value is -1.64. The number of methoxy groups -OCH3 is 1. The smallest absolute Gasteiger partial charge is 0.262 e. The van der Waals surface area contributed by atoms with E-state index >= 15 is 0 Å². The van der Waals surface area contributed by atoms with Crippen molar-refractivity contribution in [3.8, 4) is 5.75 Å². The van der Waals surface area contributed by atoms with E-state index in [0.29, 0.717) is 0 Å². The van der Waals surface area contributed by atoms with Crippen LogP contribution in [-0.4, -0.2) is 25.5 Å². The summed E-state index contributed by atoms with van der Waals surface area (Å²) in [5.74, 6) is -0.894. The zero-order chi connectivity index (χ0) is 15.6. The molecule has 2 rings (SSSR count). The molecule has 21 heavy (non-hydrogen) atoms. The fourth-order valence-electron chi connectivity index (χ4n) is 1.44. The molecular weight excluding hydrogens is 344 g/mol. The number of anilines is 1. The normalized spacial score (nSPS) is 11.2. The van der Waals surface area contributed by atoms with Crippen LogP contribution in [0.15, 0.2) is 29.4 Å². The first-order valence-corrected chi connectivity index (χ1v) is 7.61. The molecule has 0 aliphatic rings. The minimum Gasteiger partial charge on any atom is -0.494 e. The molecule has 0 saturated heterocycles. The van der Waals surface area contributed by atoms with Gasteiger partial charge in [0.25, 0.3) is 10.0 Å². The lowest BCUT2D eigenvalue weighted by molar-refractivity contribution is 0.385. The second-order valence-electron chi connectivity index (χ2n) is 3.73. The summed E-state index contributed by atoms with van der Waals surface area (Å²) in [6.45, 7) is 0. The molecule has 0 fully saturated rings. The Morgan fingerprint density at radius 1 is 1.24 bits per heavy atom. The van der Waals surface area contributed by atoms with Gasteiger partial charge in [0.05, 0.1) is 12.0 Å². The van der Waals surface area contributed by atoms with Gasteiger partial charge in [-0.15, -0.1) is 0 Å². The summed E-state index contributed by atoms with van der Waals surface area (Å²) in [4.78, 5) is 6.90. The van der Waals surface area contributed by atoms with Crippen LogP contribution in [0.1, 0.15) is 0 Å². The molecule has 0 aliphatic heterocycles. The fourth-order valence-corrected chi connectivity index (χ4v) is 3.04. The van der Waals surface area contributed by atoms with Crippen molar-refractivity contribution in [1.82, 2.24) is 9.97 Å². The van der Waals surface area contributed by atoms with Crippen LogP contribution in [0, 0.1) is 5.82 Å². The van der Waals surface area contributed by atoms with Crippen molar-refractivity contribution in [3.05, 3.63) is 40.6 Å². The number of benzene rings is 1. The fraction of sp³-hybridized carbons (Fsp3) is 0.0909. The van der Waals surface area contributed by atoms with Crippen molar-refractivity contribution >= 4 is 38.9 Å². The van der Waals surface area contributed by atoms with Gasteiger partial charge in [-0.1, -0.05) is 23.2 Å². The van der Waals surface area contributed by atoms with Crippen LogP contribution in [0.5, 0.6) is 5.75 Å². The Bertz CT molecular complexity index is 766. The first-order chi connectivity index (χ1) is 9.85. The van der Waals surface area contributed by atoms with Gasteiger partial charge < -0.3 is 4.74 Å². The van der Waals surface area contributed by atoms with Gasteiger partial charge in [-0.2, -0.15) is 0 Å². The lowest BCUT2D eigenvalue weighted by Gasteiger charge is -2.10. The number of sulfonamides is 1. The number of rotatable bonds is 4. The molecule has 0 bridgehead atoms. The summed E-state index contributed by atoms with van der Waals surface area (Å²) in [6, 6.07) is 3.18. The average Bonchev–Trinajstić information content (AvgIpc) is 2.43. The zero-order valence-electron chi connectivity index (χ0n) is 10.5. The Labute approximate surface area is 129 Å². The minimum atomic E-state index is -4.10. The lowest BCUT2D eigenvalue weighted by Crippen LogP contribution is -2.14. The van der Waals surface area contributed by atoms with E-state index in [0.717, 1.165) is 12.4 Å². The van der Waals surface area contributed by atoms with Gasteiger partial charge in [-0.05, 0) is 18.2 Å². The highest BCUT2D eigenvalue weighted by Crippen LogP contribution is 2.29. The number of nitrogens with one attached hydrogen (secondary N) is 1. The molecule has 10 heteroatoms. The molecule has 0 radical (unpaired) electrons. The van der Waals surface area contributed by atoms with Crippen LogP contribution in [-0.2, 0) is 10.0 Å². The molecule has 6 nitrogen and oxygen atoms in total. The van der Waals surface area contributed by atoms with Gasteiger partial charge in [0, 0.05) is 0 Å². The summed E-state index contributed by atoms with van der Waals surface area (Å²) >= 11 is 11.5. The summed E-state index contributed by atoms with van der Waals surface area (Å²) in [6.07, 6.45) is 1.08. The van der Waals surface area contributed by atoms with Gasteiger partial charge in [0.15, 0.2) is 21.9 Å². The largest absolute Gasteiger partial charge is 0.494 e. The van der Waals surface area contributed by atoms with Gasteiger partial charge in [0.2, 0.25) is 0 Å². The number of hydrogen-bond acceptors (Lipinski definition) is 5. The van der Waals surface area contributed by atoms with Crippen molar-refractivity contribution < 1.29 is 17.5 Å². The zero-order valence-corrected chi connectivity index (χ0v) is 12.8. The number of halogens is 3. The van der Waals surface area contributed by atoms with Gasteiger partial charge in [-0.3, -0.25) is 4.72 Å². The highest BCUT2D eigenvalue weighted by molar-refractivity contribution is 7.92. The maximum atomic E-state index is 13.6. The molecule has 1 heterocycles. The van der Waals surface area contributed by atoms with Crippen LogP contribution in [0.25, 0.3) is 0 Å². The Morgan fingerprint density at radius 2 is 1.86 bits per heavy atom. The minimum absolute atomic E-state index is 0.0759. The van der Waals surface area contributed by atoms with Crippen molar-refractivity contribution in [2.75, 3.05) is 11.8 Å². The van der Waals surface area contributed by atoms with Crippen LogP contribution in [0.4, 0.5) is 10.1 Å². The van der Waals surface area contributed by atoms with E-state index in [1.807, 2.05) is 0 Å². The molecule has 2 aromatic rings. The van der Waals surface area contributed by atoms with E-state index in [9.17, 15) is 12.8 Å². The third-order valence-corrected chi connectivity index (χ3v) is 4.35. The predicted octanol–water partition coefficient (Wildman–Crippen LogP) is 2.73. The van der Waals surface area contributed by atoms with E-state index in [1.165, 1.54) is 19.2 Å². The van der Waals surface area contributed by atoms with Crippen LogP contribution in [0.3, 0.4) is 0 Å². The molecule has 0 saturated carbocycles. The predicted molar refractivity (Wildman–Crippen MR) is 75.8 cm³/mol. The Morgan fingerprint density at radius 3 is 2.38 bits per heavy atom. The summed E-state index contributed by atoms with van der Waals surface area (Å²) in [7, 11) is -2.83. The molecule has 112 valence electrons. The highest BCUT2D eigenvalue weighted by atomic mass is 35.5. The molecule has 0 unspecified atom stereocenters. The first kappa shape index (κ1) is 15.7. The molecule has 0 amide bonds. The SMILES string of the molecule is COc1ccc(S(=O)(=O)Nc2c(Cl)ncnc2Cl)cc1F. The third kappa shape index (κ3) is 3.34. The van der Waals surface area contributed by atoms with Gasteiger partial charge >= 0.3 is 0 Å². The van der Waals surface area contributed by atoms with Crippen molar-refractivity contribution in [2.24, 2.45) is 0 Å². The lowest BCUT2D eigenvalue weighted by atomic mass is 10.3. The van der Waals surface area contributed by atoms with Crippen molar-refractivity contribution in [3.63, 3.8) is 0 Å². The first-order valence-electron chi connectivity index (χ1n) is 5.37. The maximum absolute atomic E-state index is 13.6. The summed E-state index contributed by atoms with van der Waals surface area (Å²) in [5, 5.41) is -0.347. The summed E-state index contributed by atoms with van der Waals surface area (Å²) in [5.41, 5.74) is -0.183. The quantitative estimate of drug-likeness (QED) is 0.856. The van der Waals surface area contributed by atoms with E-state index in [2.05, 4.69) is 14.7 Å². The molecule has 1 N–H and O–H groups in total. The topological polar surface area (TPSA) is 81.2 Å². The third-order valence-electron chi connectivity index (χ3n) is 2.42. The number of hydrogen-bond donors (Lipinski definition) is 1. The van der Waals surface area contributed by atoms with Crippen LogP contribution in [0.2, 0.25) is 10.3 Å². The van der Waals surface area contributed by atoms with Crippen LogP contribution >= 0.6 is 23.2 Å². The molecule has 1 aromatic heterocycles. The molecule has 0 aliphatic carbocycles. The number of ether oxygens (including phenoxy) is 1.